The zero-order chi connectivity index (χ0) is 19.5. The molecule has 2 rings (SSSR count). The van der Waals surface area contributed by atoms with Gasteiger partial charge in [0.1, 0.15) is 0 Å². The predicted molar refractivity (Wildman–Crippen MR) is 87.5 cm³/mol. The molecule has 150 valence electrons. The molecule has 0 aliphatic carbocycles. The van der Waals surface area contributed by atoms with Gasteiger partial charge in [-0.2, -0.15) is 13.2 Å². The number of ether oxygens (including phenoxy) is 1. The number of hydrogen-bond acceptors (Lipinski definition) is 4. The first-order chi connectivity index (χ1) is 12.2. The zero-order valence-electron chi connectivity index (χ0n) is 15.2. The molecule has 2 aliphatic heterocycles. The highest BCUT2D eigenvalue weighted by atomic mass is 19.4. The summed E-state index contributed by atoms with van der Waals surface area (Å²) < 4.78 is 45.0. The molecule has 0 bridgehead atoms. The van der Waals surface area contributed by atoms with Gasteiger partial charge in [0, 0.05) is 26.2 Å². The lowest BCUT2D eigenvalue weighted by molar-refractivity contribution is -0.188. The quantitative estimate of drug-likeness (QED) is 0.762. The van der Waals surface area contributed by atoms with Gasteiger partial charge in [-0.1, -0.05) is 26.7 Å². The van der Waals surface area contributed by atoms with Crippen molar-refractivity contribution in [3.63, 3.8) is 0 Å². The molecule has 2 fully saturated rings. The van der Waals surface area contributed by atoms with Crippen LogP contribution in [0.4, 0.5) is 13.2 Å². The van der Waals surface area contributed by atoms with Crippen LogP contribution in [0.1, 0.15) is 26.7 Å². The van der Waals surface area contributed by atoms with Crippen molar-refractivity contribution in [3.05, 3.63) is 0 Å². The molecule has 0 aromatic rings. The van der Waals surface area contributed by atoms with Gasteiger partial charge in [0.05, 0.1) is 31.1 Å². The lowest BCUT2D eigenvalue weighted by atomic mass is 9.91. The molecule has 0 radical (unpaired) electrons. The molecule has 1 unspecified atom stereocenters. The van der Waals surface area contributed by atoms with Crippen molar-refractivity contribution in [2.45, 2.75) is 38.9 Å². The molecule has 6 nitrogen and oxygen atoms in total. The number of aliphatic carboxylic acids is 1. The summed E-state index contributed by atoms with van der Waals surface area (Å²) in [5.74, 6) is -5.51. The van der Waals surface area contributed by atoms with Crippen LogP contribution in [0.15, 0.2) is 0 Å². The third-order valence-electron chi connectivity index (χ3n) is 5.56. The SMILES string of the molecule is CCC(CC)C(C(=O)N1C[C@@H](C(F)(F)F)[C@H](C(=O)O)C1)N1CCOCC1. The second-order valence-electron chi connectivity index (χ2n) is 7.01. The van der Waals surface area contributed by atoms with E-state index in [-0.39, 0.29) is 12.5 Å². The largest absolute Gasteiger partial charge is 0.481 e. The van der Waals surface area contributed by atoms with Crippen molar-refractivity contribution in [1.82, 2.24) is 9.80 Å². The highest BCUT2D eigenvalue weighted by Gasteiger charge is 2.54. The first-order valence-corrected chi connectivity index (χ1v) is 9.10. The van der Waals surface area contributed by atoms with Gasteiger partial charge in [0.15, 0.2) is 0 Å². The molecular weight excluding hydrogens is 353 g/mol. The van der Waals surface area contributed by atoms with Crippen LogP contribution in [0.5, 0.6) is 0 Å². The summed E-state index contributed by atoms with van der Waals surface area (Å²) in [4.78, 5) is 27.5. The number of carbonyl (C=O) groups excluding carboxylic acids is 1. The summed E-state index contributed by atoms with van der Waals surface area (Å²) in [6, 6.07) is -0.532. The van der Waals surface area contributed by atoms with Crippen molar-refractivity contribution in [3.8, 4) is 0 Å². The van der Waals surface area contributed by atoms with Crippen molar-refractivity contribution in [1.29, 1.82) is 0 Å². The predicted octanol–water partition coefficient (Wildman–Crippen LogP) is 1.84. The first-order valence-electron chi connectivity index (χ1n) is 9.10. The molecule has 3 atom stereocenters. The van der Waals surface area contributed by atoms with Crippen LogP contribution >= 0.6 is 0 Å². The Hall–Kier alpha value is -1.35. The number of rotatable bonds is 6. The maximum absolute atomic E-state index is 13.2. The minimum absolute atomic E-state index is 0.00816. The van der Waals surface area contributed by atoms with Crippen LogP contribution < -0.4 is 0 Å². The molecule has 26 heavy (non-hydrogen) atoms. The van der Waals surface area contributed by atoms with Gasteiger partial charge in [-0.25, -0.2) is 0 Å². The molecule has 2 heterocycles. The van der Waals surface area contributed by atoms with Crippen molar-refractivity contribution < 1.29 is 32.6 Å². The van der Waals surface area contributed by atoms with Crippen LogP contribution in [-0.2, 0) is 14.3 Å². The summed E-state index contributed by atoms with van der Waals surface area (Å²) >= 11 is 0. The fourth-order valence-electron chi connectivity index (χ4n) is 4.00. The standard InChI is InChI=1S/C17H27F3N2O4/c1-3-11(4-2)14(21-5-7-26-8-6-21)15(23)22-9-12(16(24)25)13(10-22)17(18,19)20/h11-14H,3-10H2,1-2H3,(H,24,25)/t12-,13-,14?/m1/s1. The number of carbonyl (C=O) groups is 2. The van der Waals surface area contributed by atoms with Gasteiger partial charge in [0.25, 0.3) is 0 Å². The second-order valence-corrected chi connectivity index (χ2v) is 7.01. The van der Waals surface area contributed by atoms with Gasteiger partial charge >= 0.3 is 12.1 Å². The number of carboxylic acids is 1. The molecule has 0 aromatic heterocycles. The molecule has 0 spiro atoms. The van der Waals surface area contributed by atoms with E-state index in [0.717, 1.165) is 17.7 Å². The number of likely N-dealkylation sites (tertiary alicyclic amines) is 1. The fraction of sp³-hybridized carbons (Fsp3) is 0.882. The van der Waals surface area contributed by atoms with Crippen LogP contribution in [0.3, 0.4) is 0 Å². The molecule has 1 N–H and O–H groups in total. The average Bonchev–Trinajstić information content (AvgIpc) is 3.06. The Bertz CT molecular complexity index is 505. The van der Waals surface area contributed by atoms with E-state index < -0.39 is 42.5 Å². The van der Waals surface area contributed by atoms with E-state index in [1.54, 1.807) is 0 Å². The van der Waals surface area contributed by atoms with E-state index in [0.29, 0.717) is 26.3 Å². The topological polar surface area (TPSA) is 70.1 Å². The second kappa shape index (κ2) is 8.56. The van der Waals surface area contributed by atoms with E-state index in [9.17, 15) is 27.9 Å². The van der Waals surface area contributed by atoms with E-state index in [4.69, 9.17) is 4.74 Å². The molecule has 1 amide bonds. The van der Waals surface area contributed by atoms with Crippen molar-refractivity contribution >= 4 is 11.9 Å². The highest BCUT2D eigenvalue weighted by Crippen LogP contribution is 2.38. The van der Waals surface area contributed by atoms with E-state index >= 15 is 0 Å². The smallest absolute Gasteiger partial charge is 0.394 e. The van der Waals surface area contributed by atoms with Gasteiger partial charge in [-0.3, -0.25) is 14.5 Å². The monoisotopic (exact) mass is 380 g/mol. The molecule has 9 heteroatoms. The van der Waals surface area contributed by atoms with Gasteiger partial charge < -0.3 is 14.7 Å². The summed E-state index contributed by atoms with van der Waals surface area (Å²) in [5.41, 5.74) is 0. The number of carboxylic acid groups (broad SMARTS) is 1. The Kier molecular flexibility index (Phi) is 6.90. The third-order valence-corrected chi connectivity index (χ3v) is 5.56. The Morgan fingerprint density at radius 1 is 1.15 bits per heavy atom. The Morgan fingerprint density at radius 3 is 2.15 bits per heavy atom. The molecule has 0 aromatic carbocycles. The number of nitrogens with zero attached hydrogens (tertiary/aromatic N) is 2. The highest BCUT2D eigenvalue weighted by molar-refractivity contribution is 5.84. The lowest BCUT2D eigenvalue weighted by Gasteiger charge is -2.39. The van der Waals surface area contributed by atoms with Crippen LogP contribution in [0.25, 0.3) is 0 Å². The number of hydrogen-bond donors (Lipinski definition) is 1. The van der Waals surface area contributed by atoms with E-state index in [1.165, 1.54) is 0 Å². The van der Waals surface area contributed by atoms with Crippen LogP contribution in [0.2, 0.25) is 0 Å². The summed E-state index contributed by atoms with van der Waals surface area (Å²) in [5, 5.41) is 9.17. The Morgan fingerprint density at radius 2 is 1.73 bits per heavy atom. The van der Waals surface area contributed by atoms with E-state index in [1.807, 2.05) is 18.7 Å². The molecule has 0 saturated carbocycles. The number of morpholine rings is 1. The van der Waals surface area contributed by atoms with Gasteiger partial charge in [-0.05, 0) is 5.92 Å². The van der Waals surface area contributed by atoms with Gasteiger partial charge in [0.2, 0.25) is 5.91 Å². The molecule has 2 saturated heterocycles. The number of halogens is 3. The lowest BCUT2D eigenvalue weighted by Crippen LogP contribution is -2.55. The van der Waals surface area contributed by atoms with Gasteiger partial charge in [-0.15, -0.1) is 0 Å². The summed E-state index contributed by atoms with van der Waals surface area (Å²) in [6.07, 6.45) is -3.19. The zero-order valence-corrected chi connectivity index (χ0v) is 15.2. The summed E-state index contributed by atoms with van der Waals surface area (Å²) in [6.45, 7) is 4.99. The third kappa shape index (κ3) is 4.49. The molecule has 2 aliphatic rings. The minimum atomic E-state index is -4.64. The maximum Gasteiger partial charge on any atom is 0.394 e. The Labute approximate surface area is 151 Å². The maximum atomic E-state index is 13.2. The Balaban J connectivity index is 2.23. The minimum Gasteiger partial charge on any atom is -0.481 e. The molecular formula is C17H27F3N2O4. The van der Waals surface area contributed by atoms with E-state index in [2.05, 4.69) is 0 Å². The number of amides is 1. The summed E-state index contributed by atoms with van der Waals surface area (Å²) in [7, 11) is 0. The van der Waals surface area contributed by atoms with Crippen molar-refractivity contribution in [2.24, 2.45) is 17.8 Å². The van der Waals surface area contributed by atoms with Crippen molar-refractivity contribution in [2.75, 3.05) is 39.4 Å². The fourth-order valence-corrected chi connectivity index (χ4v) is 4.00. The first kappa shape index (κ1) is 21.0. The average molecular weight is 380 g/mol. The van der Waals surface area contributed by atoms with Crippen LogP contribution in [0, 0.1) is 17.8 Å². The van der Waals surface area contributed by atoms with Crippen LogP contribution in [-0.4, -0.2) is 78.4 Å². The normalized spacial score (nSPS) is 26.3. The number of alkyl halides is 3.